The second-order valence-corrected chi connectivity index (χ2v) is 7.38. The van der Waals surface area contributed by atoms with Crippen LogP contribution in [0, 0.1) is 6.92 Å². The van der Waals surface area contributed by atoms with Crippen molar-refractivity contribution in [1.29, 1.82) is 0 Å². The van der Waals surface area contributed by atoms with E-state index in [9.17, 15) is 19.8 Å². The summed E-state index contributed by atoms with van der Waals surface area (Å²) in [5.74, 6) is -0.470. The lowest BCUT2D eigenvalue weighted by molar-refractivity contribution is -0.143. The molecule has 0 spiro atoms. The van der Waals surface area contributed by atoms with Gasteiger partial charge in [0.05, 0.1) is 19.4 Å². The summed E-state index contributed by atoms with van der Waals surface area (Å²) < 4.78 is 9.97. The van der Waals surface area contributed by atoms with Crippen molar-refractivity contribution in [1.82, 2.24) is 15.6 Å². The Morgan fingerprint density at radius 2 is 2.00 bits per heavy atom. The van der Waals surface area contributed by atoms with Crippen molar-refractivity contribution in [2.75, 3.05) is 13.7 Å². The van der Waals surface area contributed by atoms with Crippen LogP contribution in [0.3, 0.4) is 0 Å². The van der Waals surface area contributed by atoms with Crippen molar-refractivity contribution in [3.05, 3.63) is 23.0 Å². The van der Waals surface area contributed by atoms with Gasteiger partial charge in [-0.2, -0.15) is 0 Å². The fourth-order valence-electron chi connectivity index (χ4n) is 2.50. The number of nitrogens with zero attached hydrogens (tertiary/aromatic N) is 1. The molecule has 0 radical (unpaired) electrons. The molecule has 1 amide bonds. The number of aryl methyl sites for hydroxylation is 1. The summed E-state index contributed by atoms with van der Waals surface area (Å²) in [6.45, 7) is 7.21. The van der Waals surface area contributed by atoms with Gasteiger partial charge in [-0.3, -0.25) is 9.78 Å². The Hall–Kier alpha value is -2.39. The number of carbonyl (C=O) groups excluding carboxylic acids is 2. The van der Waals surface area contributed by atoms with Crippen molar-refractivity contribution in [3.63, 3.8) is 0 Å². The Labute approximate surface area is 165 Å². The van der Waals surface area contributed by atoms with Gasteiger partial charge in [0.1, 0.15) is 17.4 Å². The van der Waals surface area contributed by atoms with Crippen molar-refractivity contribution in [2.24, 2.45) is 0 Å². The van der Waals surface area contributed by atoms with Gasteiger partial charge in [0.15, 0.2) is 0 Å². The number of hydrogen-bond acceptors (Lipinski definition) is 8. The van der Waals surface area contributed by atoms with Crippen LogP contribution in [-0.4, -0.2) is 52.6 Å². The SMILES string of the molecule is COC(=O)[C@H](CCCNC(=O)OC(C)(C)C)NCc1c(CO)cnc(C)c1O. The van der Waals surface area contributed by atoms with Crippen LogP contribution in [-0.2, 0) is 27.4 Å². The molecule has 0 aliphatic rings. The van der Waals surface area contributed by atoms with E-state index in [4.69, 9.17) is 9.47 Å². The van der Waals surface area contributed by atoms with E-state index in [1.54, 1.807) is 27.7 Å². The molecule has 0 aliphatic heterocycles. The number of ether oxygens (including phenoxy) is 2. The molecule has 9 heteroatoms. The quantitative estimate of drug-likeness (QED) is 0.365. The zero-order valence-electron chi connectivity index (χ0n) is 17.2. The first-order chi connectivity index (χ1) is 13.1. The fraction of sp³-hybridized carbons (Fsp3) is 0.632. The lowest BCUT2D eigenvalue weighted by Gasteiger charge is -2.20. The number of aromatic nitrogens is 1. The predicted molar refractivity (Wildman–Crippen MR) is 103 cm³/mol. The highest BCUT2D eigenvalue weighted by Gasteiger charge is 2.21. The van der Waals surface area contributed by atoms with E-state index in [1.165, 1.54) is 13.3 Å². The molecule has 4 N–H and O–H groups in total. The average molecular weight is 397 g/mol. The Morgan fingerprint density at radius 1 is 1.32 bits per heavy atom. The second kappa shape index (κ2) is 10.8. The summed E-state index contributed by atoms with van der Waals surface area (Å²) in [4.78, 5) is 27.7. The first kappa shape index (κ1) is 23.6. The average Bonchev–Trinajstić information content (AvgIpc) is 2.62. The molecule has 0 aliphatic carbocycles. The molecule has 0 aromatic carbocycles. The lowest BCUT2D eigenvalue weighted by atomic mass is 10.1. The van der Waals surface area contributed by atoms with Gasteiger partial charge in [-0.15, -0.1) is 0 Å². The summed E-state index contributed by atoms with van der Waals surface area (Å²) >= 11 is 0. The van der Waals surface area contributed by atoms with E-state index in [0.29, 0.717) is 36.2 Å². The monoisotopic (exact) mass is 397 g/mol. The Balaban J connectivity index is 2.62. The third-order valence-electron chi connectivity index (χ3n) is 3.95. The highest BCUT2D eigenvalue weighted by molar-refractivity contribution is 5.75. The molecule has 1 aromatic rings. The van der Waals surface area contributed by atoms with Crippen LogP contribution in [0.2, 0.25) is 0 Å². The van der Waals surface area contributed by atoms with Crippen molar-refractivity contribution in [3.8, 4) is 5.75 Å². The molecule has 1 rings (SSSR count). The number of esters is 1. The van der Waals surface area contributed by atoms with Gasteiger partial charge in [-0.1, -0.05) is 0 Å². The van der Waals surface area contributed by atoms with Gasteiger partial charge in [-0.25, -0.2) is 4.79 Å². The van der Waals surface area contributed by atoms with E-state index in [0.717, 1.165) is 0 Å². The smallest absolute Gasteiger partial charge is 0.407 e. The summed E-state index contributed by atoms with van der Waals surface area (Å²) in [6, 6.07) is -0.634. The molecule has 9 nitrogen and oxygen atoms in total. The summed E-state index contributed by atoms with van der Waals surface area (Å²) in [5.41, 5.74) is 0.821. The van der Waals surface area contributed by atoms with Gasteiger partial charge in [0.2, 0.25) is 0 Å². The van der Waals surface area contributed by atoms with E-state index in [-0.39, 0.29) is 18.9 Å². The van der Waals surface area contributed by atoms with E-state index in [2.05, 4.69) is 15.6 Å². The molecular weight excluding hydrogens is 366 g/mol. The third kappa shape index (κ3) is 7.69. The summed E-state index contributed by atoms with van der Waals surface area (Å²) in [6.07, 6.45) is 1.89. The molecule has 0 bridgehead atoms. The standard InChI is InChI=1S/C19H31N3O6/c1-12-16(24)14(13(11-23)9-21-12)10-22-15(17(25)27-5)7-6-8-20-18(26)28-19(2,3)4/h9,15,22-24H,6-8,10-11H2,1-5H3,(H,20,26)/t15-/m0/s1. The number of hydrogen-bond donors (Lipinski definition) is 4. The lowest BCUT2D eigenvalue weighted by Crippen LogP contribution is -2.38. The number of amides is 1. The molecule has 0 saturated carbocycles. The van der Waals surface area contributed by atoms with Crippen LogP contribution in [0.1, 0.15) is 50.4 Å². The van der Waals surface area contributed by atoms with Crippen molar-refractivity contribution in [2.45, 2.75) is 65.3 Å². The zero-order chi connectivity index (χ0) is 21.3. The zero-order valence-corrected chi connectivity index (χ0v) is 17.2. The maximum Gasteiger partial charge on any atom is 0.407 e. The summed E-state index contributed by atoms with van der Waals surface area (Å²) in [7, 11) is 1.29. The minimum Gasteiger partial charge on any atom is -0.506 e. The van der Waals surface area contributed by atoms with E-state index >= 15 is 0 Å². The summed E-state index contributed by atoms with van der Waals surface area (Å²) in [5, 5.41) is 25.3. The number of aliphatic hydroxyl groups is 1. The number of alkyl carbamates (subject to hydrolysis) is 1. The largest absolute Gasteiger partial charge is 0.506 e. The Kier molecular flexibility index (Phi) is 9.14. The highest BCUT2D eigenvalue weighted by atomic mass is 16.6. The number of aromatic hydroxyl groups is 1. The topological polar surface area (TPSA) is 130 Å². The molecule has 0 unspecified atom stereocenters. The minimum absolute atomic E-state index is 0.0192. The second-order valence-electron chi connectivity index (χ2n) is 7.38. The van der Waals surface area contributed by atoms with Gasteiger partial charge >= 0.3 is 12.1 Å². The fourth-order valence-corrected chi connectivity index (χ4v) is 2.50. The Morgan fingerprint density at radius 3 is 2.57 bits per heavy atom. The van der Waals surface area contributed by atoms with Crippen LogP contribution < -0.4 is 10.6 Å². The maximum atomic E-state index is 12.0. The number of rotatable bonds is 9. The third-order valence-corrected chi connectivity index (χ3v) is 3.95. The predicted octanol–water partition coefficient (Wildman–Crippen LogP) is 1.52. The van der Waals surface area contributed by atoms with Crippen molar-refractivity contribution >= 4 is 12.1 Å². The van der Waals surface area contributed by atoms with E-state index < -0.39 is 23.7 Å². The number of carbonyl (C=O) groups is 2. The van der Waals surface area contributed by atoms with E-state index in [1.807, 2.05) is 0 Å². The van der Waals surface area contributed by atoms with Gasteiger partial charge in [0.25, 0.3) is 0 Å². The molecule has 0 saturated heterocycles. The van der Waals surface area contributed by atoms with Crippen LogP contribution in [0.25, 0.3) is 0 Å². The van der Waals surface area contributed by atoms with Gasteiger partial charge < -0.3 is 30.3 Å². The van der Waals surface area contributed by atoms with Gasteiger partial charge in [-0.05, 0) is 40.5 Å². The number of nitrogens with one attached hydrogen (secondary N) is 2. The minimum atomic E-state index is -0.634. The number of aliphatic hydroxyl groups excluding tert-OH is 1. The maximum absolute atomic E-state index is 12.0. The molecule has 28 heavy (non-hydrogen) atoms. The van der Waals surface area contributed by atoms with Crippen molar-refractivity contribution < 1.29 is 29.3 Å². The van der Waals surface area contributed by atoms with Crippen LogP contribution in [0.4, 0.5) is 4.79 Å². The molecule has 1 aromatic heterocycles. The molecule has 0 fully saturated rings. The molecule has 1 atom stereocenters. The number of pyridine rings is 1. The molecule has 158 valence electrons. The normalized spacial score (nSPS) is 12.4. The number of methoxy groups -OCH3 is 1. The Bertz CT molecular complexity index is 672. The molecular formula is C19H31N3O6. The van der Waals surface area contributed by atoms with Crippen LogP contribution >= 0.6 is 0 Å². The first-order valence-electron chi connectivity index (χ1n) is 9.14. The highest BCUT2D eigenvalue weighted by Crippen LogP contribution is 2.24. The molecule has 1 heterocycles. The van der Waals surface area contributed by atoms with Gasteiger partial charge in [0, 0.05) is 30.4 Å². The van der Waals surface area contributed by atoms with Crippen LogP contribution in [0.15, 0.2) is 6.20 Å². The first-order valence-corrected chi connectivity index (χ1v) is 9.14. The van der Waals surface area contributed by atoms with Crippen LogP contribution in [0.5, 0.6) is 5.75 Å².